The van der Waals surface area contributed by atoms with Crippen molar-refractivity contribution in [2.45, 2.75) is 6.42 Å². The van der Waals surface area contributed by atoms with E-state index < -0.39 is 0 Å². The second-order valence-electron chi connectivity index (χ2n) is 3.22. The molecule has 0 bridgehead atoms. The Morgan fingerprint density at radius 1 is 1.40 bits per heavy atom. The third-order valence-corrected chi connectivity index (χ3v) is 2.21. The molecule has 0 atom stereocenters. The van der Waals surface area contributed by atoms with Crippen molar-refractivity contribution in [3.05, 3.63) is 30.0 Å². The molecule has 4 nitrogen and oxygen atoms in total. The van der Waals surface area contributed by atoms with E-state index in [1.807, 2.05) is 0 Å². The number of hydrogen-bond donors (Lipinski definition) is 2. The first-order valence-corrected chi connectivity index (χ1v) is 4.56. The molecule has 0 spiro atoms. The van der Waals surface area contributed by atoms with Gasteiger partial charge in [-0.25, -0.2) is 0 Å². The van der Waals surface area contributed by atoms with Gasteiger partial charge in [0.25, 0.3) is 0 Å². The van der Waals surface area contributed by atoms with Crippen LogP contribution in [0.5, 0.6) is 5.75 Å². The Balaban J connectivity index is 2.50. The van der Waals surface area contributed by atoms with Gasteiger partial charge in [0.2, 0.25) is 0 Å². The fourth-order valence-corrected chi connectivity index (χ4v) is 1.46. The maximum Gasteiger partial charge on any atom is 0.169 e. The van der Waals surface area contributed by atoms with Crippen LogP contribution >= 0.6 is 0 Å². The molecule has 1 heterocycles. The van der Waals surface area contributed by atoms with Crippen LogP contribution in [0.3, 0.4) is 0 Å². The van der Waals surface area contributed by atoms with E-state index in [-0.39, 0.29) is 30.1 Å². The number of ketones is 1. The molecule has 1 aromatic heterocycles. The topological polar surface area (TPSA) is 70.7 Å². The maximum absolute atomic E-state index is 11.5. The molecule has 15 heavy (non-hydrogen) atoms. The van der Waals surface area contributed by atoms with Crippen LogP contribution in [-0.2, 0) is 0 Å². The zero-order valence-corrected chi connectivity index (χ0v) is 7.93. The van der Waals surface area contributed by atoms with E-state index in [1.54, 1.807) is 6.07 Å². The number of phenols is 1. The van der Waals surface area contributed by atoms with E-state index in [2.05, 4.69) is 0 Å². The predicted molar refractivity (Wildman–Crippen MR) is 53.9 cm³/mol. The number of phenolic OH excluding ortho intramolecular Hbond substituents is 1. The van der Waals surface area contributed by atoms with Crippen LogP contribution < -0.4 is 0 Å². The molecule has 0 radical (unpaired) electrons. The van der Waals surface area contributed by atoms with Gasteiger partial charge in [0.05, 0.1) is 18.4 Å². The molecule has 0 fully saturated rings. The number of benzene rings is 1. The normalized spacial score (nSPS) is 10.7. The van der Waals surface area contributed by atoms with E-state index >= 15 is 0 Å². The smallest absolute Gasteiger partial charge is 0.169 e. The second kappa shape index (κ2) is 3.74. The van der Waals surface area contributed by atoms with Crippen molar-refractivity contribution in [3.63, 3.8) is 0 Å². The summed E-state index contributed by atoms with van der Waals surface area (Å²) in [7, 11) is 0. The monoisotopic (exact) mass is 206 g/mol. The summed E-state index contributed by atoms with van der Waals surface area (Å²) in [5, 5.41) is 19.0. The fourth-order valence-electron chi connectivity index (χ4n) is 1.46. The number of carbonyl (C=O) groups excluding carboxylic acids is 1. The largest absolute Gasteiger partial charge is 0.507 e. The molecular weight excluding hydrogens is 196 g/mol. The summed E-state index contributed by atoms with van der Waals surface area (Å²) in [6.45, 7) is -0.228. The van der Waals surface area contributed by atoms with Gasteiger partial charge in [0.1, 0.15) is 11.3 Å². The number of fused-ring (bicyclic) bond motifs is 1. The van der Waals surface area contributed by atoms with E-state index in [0.29, 0.717) is 5.58 Å². The van der Waals surface area contributed by atoms with Gasteiger partial charge in [-0.3, -0.25) is 4.79 Å². The first-order chi connectivity index (χ1) is 7.22. The van der Waals surface area contributed by atoms with Crippen LogP contribution in [0.4, 0.5) is 0 Å². The lowest BCUT2D eigenvalue weighted by Crippen LogP contribution is -2.01. The molecule has 2 aromatic rings. The van der Waals surface area contributed by atoms with Crippen LogP contribution in [0.1, 0.15) is 16.8 Å². The highest BCUT2D eigenvalue weighted by molar-refractivity contribution is 6.01. The van der Waals surface area contributed by atoms with E-state index in [1.165, 1.54) is 18.4 Å². The molecule has 0 aliphatic rings. The molecule has 0 aliphatic heterocycles. The van der Waals surface area contributed by atoms with Crippen LogP contribution in [0.15, 0.2) is 28.9 Å². The Kier molecular flexibility index (Phi) is 2.43. The summed E-state index contributed by atoms with van der Waals surface area (Å²) in [5.74, 6) is -0.379. The van der Waals surface area contributed by atoms with Gasteiger partial charge in [-0.1, -0.05) is 0 Å². The molecule has 0 amide bonds. The van der Waals surface area contributed by atoms with Crippen molar-refractivity contribution in [2.75, 3.05) is 6.61 Å². The van der Waals surface area contributed by atoms with Crippen molar-refractivity contribution in [2.24, 2.45) is 0 Å². The summed E-state index contributed by atoms with van der Waals surface area (Å²) in [6, 6.07) is 4.67. The second-order valence-corrected chi connectivity index (χ2v) is 3.22. The summed E-state index contributed by atoms with van der Waals surface area (Å²) < 4.78 is 5.12. The number of aliphatic hydroxyl groups excluding tert-OH is 1. The SMILES string of the molecule is O=C(CCO)c1cc2occc2cc1O. The molecule has 0 unspecified atom stereocenters. The van der Waals surface area contributed by atoms with Crippen LogP contribution in [0.2, 0.25) is 0 Å². The van der Waals surface area contributed by atoms with Crippen molar-refractivity contribution in [3.8, 4) is 5.75 Å². The summed E-state index contributed by atoms with van der Waals surface area (Å²) >= 11 is 0. The fraction of sp³-hybridized carbons (Fsp3) is 0.182. The lowest BCUT2D eigenvalue weighted by molar-refractivity contribution is 0.0954. The van der Waals surface area contributed by atoms with Gasteiger partial charge in [0, 0.05) is 11.8 Å². The standard InChI is InChI=1S/C11H10O4/c12-3-1-9(13)8-6-11-7(2-4-15-11)5-10(8)14/h2,4-6,12,14H,1,3H2. The number of furan rings is 1. The number of carbonyl (C=O) groups is 1. The molecule has 4 heteroatoms. The van der Waals surface area contributed by atoms with Gasteiger partial charge in [-0.15, -0.1) is 0 Å². The van der Waals surface area contributed by atoms with Crippen molar-refractivity contribution in [1.82, 2.24) is 0 Å². The number of hydrogen-bond acceptors (Lipinski definition) is 4. The Bertz CT molecular complexity index is 498. The van der Waals surface area contributed by atoms with Gasteiger partial charge in [0.15, 0.2) is 5.78 Å². The Morgan fingerprint density at radius 2 is 2.20 bits per heavy atom. The molecule has 2 N–H and O–H groups in total. The molecule has 0 aliphatic carbocycles. The number of aromatic hydroxyl groups is 1. The minimum Gasteiger partial charge on any atom is -0.507 e. The van der Waals surface area contributed by atoms with Gasteiger partial charge >= 0.3 is 0 Å². The minimum absolute atomic E-state index is 0.000223. The highest BCUT2D eigenvalue weighted by Gasteiger charge is 2.12. The molecule has 78 valence electrons. The number of Topliss-reactive ketones (excluding diaryl/α,β-unsaturated/α-hetero) is 1. The molecule has 0 saturated carbocycles. The minimum atomic E-state index is -0.298. The Morgan fingerprint density at radius 3 is 2.93 bits per heavy atom. The lowest BCUT2D eigenvalue weighted by atomic mass is 10.1. The third-order valence-electron chi connectivity index (χ3n) is 2.21. The first-order valence-electron chi connectivity index (χ1n) is 4.56. The Hall–Kier alpha value is -1.81. The van der Waals surface area contributed by atoms with E-state index in [9.17, 15) is 9.90 Å². The zero-order chi connectivity index (χ0) is 10.8. The predicted octanol–water partition coefficient (Wildman–Crippen LogP) is 1.70. The summed E-state index contributed by atoms with van der Waals surface area (Å²) in [5.41, 5.74) is 0.737. The van der Waals surface area contributed by atoms with Gasteiger partial charge in [-0.2, -0.15) is 0 Å². The van der Waals surface area contributed by atoms with Crippen LogP contribution in [-0.4, -0.2) is 22.6 Å². The lowest BCUT2D eigenvalue weighted by Gasteiger charge is -2.02. The number of rotatable bonds is 3. The summed E-state index contributed by atoms with van der Waals surface area (Å²) in [6.07, 6.45) is 1.49. The molecule has 0 saturated heterocycles. The van der Waals surface area contributed by atoms with Crippen molar-refractivity contribution >= 4 is 16.8 Å². The third kappa shape index (κ3) is 1.71. The highest BCUT2D eigenvalue weighted by Crippen LogP contribution is 2.26. The average molecular weight is 206 g/mol. The number of aliphatic hydroxyl groups is 1. The zero-order valence-electron chi connectivity index (χ0n) is 7.93. The van der Waals surface area contributed by atoms with E-state index in [4.69, 9.17) is 9.52 Å². The molecular formula is C11H10O4. The first kappa shape index (κ1) is 9.73. The van der Waals surface area contributed by atoms with Gasteiger partial charge in [-0.05, 0) is 18.2 Å². The van der Waals surface area contributed by atoms with Crippen molar-refractivity contribution in [1.29, 1.82) is 0 Å². The quantitative estimate of drug-likeness (QED) is 0.750. The van der Waals surface area contributed by atoms with Crippen LogP contribution in [0.25, 0.3) is 11.0 Å². The Labute approximate surface area is 85.8 Å². The van der Waals surface area contributed by atoms with Crippen LogP contribution in [0, 0.1) is 0 Å². The summed E-state index contributed by atoms with van der Waals surface area (Å²) in [4.78, 5) is 11.5. The molecule has 1 aromatic carbocycles. The highest BCUT2D eigenvalue weighted by atomic mass is 16.3. The van der Waals surface area contributed by atoms with Gasteiger partial charge < -0.3 is 14.6 Å². The van der Waals surface area contributed by atoms with Crippen molar-refractivity contribution < 1.29 is 19.4 Å². The van der Waals surface area contributed by atoms with E-state index in [0.717, 1.165) is 5.39 Å². The molecule has 2 rings (SSSR count). The maximum atomic E-state index is 11.5. The average Bonchev–Trinajstić information content (AvgIpc) is 2.63.